The summed E-state index contributed by atoms with van der Waals surface area (Å²) in [6, 6.07) is 12.5. The third kappa shape index (κ3) is 3.21. The quantitative estimate of drug-likeness (QED) is 0.747. The molecular formula is C21H23N5O. The average Bonchev–Trinajstić information content (AvgIpc) is 3.11. The second-order valence-electron chi connectivity index (χ2n) is 7.67. The summed E-state index contributed by atoms with van der Waals surface area (Å²) >= 11 is 0. The van der Waals surface area contributed by atoms with Crippen LogP contribution in [-0.4, -0.2) is 45.3 Å². The Hall–Kier alpha value is -2.73. The van der Waals surface area contributed by atoms with Crippen LogP contribution in [0.5, 0.6) is 0 Å². The van der Waals surface area contributed by atoms with E-state index >= 15 is 0 Å². The maximum Gasteiger partial charge on any atom is 0.144 e. The Kier molecular flexibility index (Phi) is 4.13. The Morgan fingerprint density at radius 3 is 2.70 bits per heavy atom. The zero-order valence-corrected chi connectivity index (χ0v) is 15.1. The lowest BCUT2D eigenvalue weighted by Crippen LogP contribution is -2.43. The van der Waals surface area contributed by atoms with Crippen molar-refractivity contribution in [3.05, 3.63) is 55.0 Å². The molecular weight excluding hydrogens is 338 g/mol. The lowest BCUT2D eigenvalue weighted by atomic mass is 9.77. The molecule has 3 heterocycles. The molecule has 1 aliphatic heterocycles. The molecule has 0 spiro atoms. The first-order chi connectivity index (χ1) is 13.3. The number of para-hydroxylation sites is 1. The van der Waals surface area contributed by atoms with Gasteiger partial charge in [-0.05, 0) is 42.9 Å². The van der Waals surface area contributed by atoms with E-state index in [1.54, 1.807) is 18.6 Å². The Balaban J connectivity index is 1.31. The fourth-order valence-electron chi connectivity index (χ4n) is 4.57. The number of anilines is 2. The van der Waals surface area contributed by atoms with E-state index in [1.807, 2.05) is 12.1 Å². The highest BCUT2D eigenvalue weighted by Gasteiger charge is 2.42. The predicted octanol–water partition coefficient (Wildman–Crippen LogP) is 2.71. The summed E-state index contributed by atoms with van der Waals surface area (Å²) in [6.07, 6.45) is 6.42. The minimum atomic E-state index is -0.363. The molecule has 5 rings (SSSR count). The number of nitrogens with one attached hydrogen (secondary N) is 1. The van der Waals surface area contributed by atoms with Gasteiger partial charge in [-0.1, -0.05) is 18.2 Å². The molecule has 0 bridgehead atoms. The van der Waals surface area contributed by atoms with Gasteiger partial charge in [-0.3, -0.25) is 4.98 Å². The van der Waals surface area contributed by atoms with Crippen molar-refractivity contribution in [1.29, 1.82) is 0 Å². The first-order valence-corrected chi connectivity index (χ1v) is 9.57. The van der Waals surface area contributed by atoms with Gasteiger partial charge in [-0.15, -0.1) is 0 Å². The van der Waals surface area contributed by atoms with Crippen molar-refractivity contribution in [2.24, 2.45) is 11.8 Å². The summed E-state index contributed by atoms with van der Waals surface area (Å²) in [4.78, 5) is 15.6. The van der Waals surface area contributed by atoms with E-state index in [0.29, 0.717) is 11.8 Å². The molecule has 2 aromatic heterocycles. The smallest absolute Gasteiger partial charge is 0.144 e. The summed E-state index contributed by atoms with van der Waals surface area (Å²) in [5, 5.41) is 15.2. The van der Waals surface area contributed by atoms with Gasteiger partial charge in [0.05, 0.1) is 23.9 Å². The zero-order valence-electron chi connectivity index (χ0n) is 15.1. The maximum atomic E-state index is 10.6. The topological polar surface area (TPSA) is 74.2 Å². The van der Waals surface area contributed by atoms with Crippen molar-refractivity contribution in [2.45, 2.75) is 25.0 Å². The second kappa shape index (κ2) is 6.78. The highest BCUT2D eigenvalue weighted by atomic mass is 16.3. The minimum absolute atomic E-state index is 0.0208. The van der Waals surface area contributed by atoms with Crippen LogP contribution in [0.4, 0.5) is 11.6 Å². The molecule has 4 atom stereocenters. The van der Waals surface area contributed by atoms with Gasteiger partial charge in [0.1, 0.15) is 11.6 Å². The summed E-state index contributed by atoms with van der Waals surface area (Å²) in [7, 11) is 0. The van der Waals surface area contributed by atoms with Crippen molar-refractivity contribution in [2.75, 3.05) is 23.3 Å². The summed E-state index contributed by atoms with van der Waals surface area (Å²) in [5.41, 5.74) is 1.03. The monoisotopic (exact) mass is 361 g/mol. The normalized spacial score (nSPS) is 27.5. The molecule has 27 heavy (non-hydrogen) atoms. The van der Waals surface area contributed by atoms with Gasteiger partial charge in [0, 0.05) is 30.9 Å². The lowest BCUT2D eigenvalue weighted by Gasteiger charge is -2.35. The predicted molar refractivity (Wildman–Crippen MR) is 106 cm³/mol. The van der Waals surface area contributed by atoms with Crippen LogP contribution in [0.25, 0.3) is 10.9 Å². The minimum Gasteiger partial charge on any atom is -0.391 e. The van der Waals surface area contributed by atoms with Crippen LogP contribution in [0.3, 0.4) is 0 Å². The Bertz CT molecular complexity index is 934. The van der Waals surface area contributed by atoms with Gasteiger partial charge in [-0.2, -0.15) is 0 Å². The van der Waals surface area contributed by atoms with Gasteiger partial charge in [0.25, 0.3) is 0 Å². The van der Waals surface area contributed by atoms with Crippen LogP contribution in [0.2, 0.25) is 0 Å². The van der Waals surface area contributed by atoms with E-state index in [-0.39, 0.29) is 12.1 Å². The lowest BCUT2D eigenvalue weighted by molar-refractivity contribution is 0.0737. The molecule has 0 unspecified atom stereocenters. The van der Waals surface area contributed by atoms with E-state index in [1.165, 1.54) is 5.39 Å². The number of pyridine rings is 1. The number of nitrogens with zero attached hydrogens (tertiary/aromatic N) is 4. The van der Waals surface area contributed by atoms with E-state index in [9.17, 15) is 5.11 Å². The van der Waals surface area contributed by atoms with Gasteiger partial charge >= 0.3 is 0 Å². The van der Waals surface area contributed by atoms with Gasteiger partial charge in [-0.25, -0.2) is 9.97 Å². The van der Waals surface area contributed by atoms with Crippen molar-refractivity contribution in [1.82, 2.24) is 15.0 Å². The number of hydrogen-bond donors (Lipinski definition) is 2. The maximum absolute atomic E-state index is 10.6. The fourth-order valence-corrected chi connectivity index (χ4v) is 4.57. The fraction of sp³-hybridized carbons (Fsp3) is 0.381. The summed E-state index contributed by atoms with van der Waals surface area (Å²) in [6.45, 7) is 1.95. The van der Waals surface area contributed by atoms with Crippen molar-refractivity contribution >= 4 is 22.5 Å². The second-order valence-corrected chi connectivity index (χ2v) is 7.67. The van der Waals surface area contributed by atoms with Crippen LogP contribution < -0.4 is 10.2 Å². The van der Waals surface area contributed by atoms with Gasteiger partial charge in [0.2, 0.25) is 0 Å². The summed E-state index contributed by atoms with van der Waals surface area (Å²) < 4.78 is 0. The van der Waals surface area contributed by atoms with Crippen LogP contribution in [0.15, 0.2) is 55.0 Å². The Morgan fingerprint density at radius 1 is 1.00 bits per heavy atom. The standard InChI is InChI=1S/C21H23N5O/c27-19-10-16-13-26(21-6-5-14-3-1-2-4-17(14)25-21)12-15(16)9-18(19)24-20-11-22-7-8-23-20/h1-8,11,15-16,18-19,27H,9-10,12-13H2,(H,23,24)/t15-,16+,18-,19-/m1/s1. The third-order valence-electron chi connectivity index (χ3n) is 5.95. The molecule has 0 radical (unpaired) electrons. The van der Waals surface area contributed by atoms with Crippen LogP contribution in [-0.2, 0) is 0 Å². The molecule has 2 fully saturated rings. The number of aliphatic hydroxyl groups is 1. The van der Waals surface area contributed by atoms with Gasteiger partial charge < -0.3 is 15.3 Å². The molecule has 2 N–H and O–H groups in total. The Labute approximate surface area is 158 Å². The van der Waals surface area contributed by atoms with Crippen LogP contribution in [0, 0.1) is 11.8 Å². The van der Waals surface area contributed by atoms with Gasteiger partial charge in [0.15, 0.2) is 0 Å². The molecule has 138 valence electrons. The first kappa shape index (κ1) is 16.4. The van der Waals surface area contributed by atoms with Crippen molar-refractivity contribution < 1.29 is 5.11 Å². The zero-order chi connectivity index (χ0) is 18.2. The van der Waals surface area contributed by atoms with E-state index < -0.39 is 0 Å². The number of fused-ring (bicyclic) bond motifs is 2. The van der Waals surface area contributed by atoms with Crippen LogP contribution in [0.1, 0.15) is 12.8 Å². The largest absolute Gasteiger partial charge is 0.391 e. The number of benzene rings is 1. The first-order valence-electron chi connectivity index (χ1n) is 9.57. The van der Waals surface area contributed by atoms with Crippen molar-refractivity contribution in [3.63, 3.8) is 0 Å². The Morgan fingerprint density at radius 2 is 1.85 bits per heavy atom. The molecule has 1 aliphatic carbocycles. The number of aliphatic hydroxyl groups excluding tert-OH is 1. The summed E-state index contributed by atoms with van der Waals surface area (Å²) in [5.74, 6) is 2.83. The molecule has 0 amide bonds. The van der Waals surface area contributed by atoms with Crippen LogP contribution >= 0.6 is 0 Å². The van der Waals surface area contributed by atoms with E-state index in [2.05, 4.69) is 44.5 Å². The SMILES string of the molecule is O[C@@H]1C[C@H]2CN(c3ccc4ccccc4n3)C[C@H]2C[C@H]1Nc1cnccn1. The number of hydrogen-bond acceptors (Lipinski definition) is 6. The molecule has 1 saturated carbocycles. The highest BCUT2D eigenvalue weighted by Crippen LogP contribution is 2.39. The van der Waals surface area contributed by atoms with Crippen molar-refractivity contribution in [3.8, 4) is 0 Å². The highest BCUT2D eigenvalue weighted by molar-refractivity contribution is 5.80. The molecule has 3 aromatic rings. The van der Waals surface area contributed by atoms with E-state index in [0.717, 1.165) is 43.1 Å². The molecule has 1 saturated heterocycles. The molecule has 2 aliphatic rings. The molecule has 6 heteroatoms. The molecule has 6 nitrogen and oxygen atoms in total. The third-order valence-corrected chi connectivity index (χ3v) is 5.95. The average molecular weight is 361 g/mol. The number of rotatable bonds is 3. The number of aromatic nitrogens is 3. The molecule has 1 aromatic carbocycles. The van der Waals surface area contributed by atoms with E-state index in [4.69, 9.17) is 4.98 Å².